The van der Waals surface area contributed by atoms with Crippen molar-refractivity contribution in [3.8, 4) is 0 Å². The predicted molar refractivity (Wildman–Crippen MR) is 116 cm³/mol. The molecule has 2 aromatic carbocycles. The van der Waals surface area contributed by atoms with Gasteiger partial charge in [-0.3, -0.25) is 14.4 Å². The van der Waals surface area contributed by atoms with Crippen LogP contribution in [0.5, 0.6) is 0 Å². The van der Waals surface area contributed by atoms with E-state index in [4.69, 9.17) is 0 Å². The van der Waals surface area contributed by atoms with Crippen LogP contribution < -0.4 is 15.5 Å². The molecule has 7 heteroatoms. The third-order valence-electron chi connectivity index (χ3n) is 4.49. The van der Waals surface area contributed by atoms with Gasteiger partial charge in [0.2, 0.25) is 11.8 Å². The van der Waals surface area contributed by atoms with Gasteiger partial charge in [-0.25, -0.2) is 0 Å². The van der Waals surface area contributed by atoms with Crippen molar-refractivity contribution >= 4 is 40.9 Å². The second-order valence-electron chi connectivity index (χ2n) is 7.25. The van der Waals surface area contributed by atoms with E-state index in [-0.39, 0.29) is 24.1 Å². The summed E-state index contributed by atoms with van der Waals surface area (Å²) in [4.78, 5) is 40.0. The number of anilines is 2. The Morgan fingerprint density at radius 2 is 1.83 bits per heavy atom. The first-order valence-corrected chi connectivity index (χ1v) is 10.6. The molecular formula is C22H25N3O3S. The molecule has 0 saturated heterocycles. The van der Waals surface area contributed by atoms with E-state index in [2.05, 4.69) is 10.6 Å². The molecule has 0 radical (unpaired) electrons. The number of amides is 3. The van der Waals surface area contributed by atoms with Crippen LogP contribution in [-0.2, 0) is 9.59 Å². The average molecular weight is 412 g/mol. The van der Waals surface area contributed by atoms with Gasteiger partial charge in [-0.15, -0.1) is 11.8 Å². The molecule has 2 aromatic rings. The lowest BCUT2D eigenvalue weighted by Crippen LogP contribution is -2.37. The van der Waals surface area contributed by atoms with Crippen LogP contribution in [-0.4, -0.2) is 36.6 Å². The van der Waals surface area contributed by atoms with Crippen molar-refractivity contribution in [3.63, 3.8) is 0 Å². The van der Waals surface area contributed by atoms with Gasteiger partial charge in [-0.1, -0.05) is 38.1 Å². The van der Waals surface area contributed by atoms with E-state index in [1.54, 1.807) is 29.2 Å². The van der Waals surface area contributed by atoms with Crippen molar-refractivity contribution in [1.29, 1.82) is 0 Å². The highest BCUT2D eigenvalue weighted by molar-refractivity contribution is 8.00. The van der Waals surface area contributed by atoms with E-state index < -0.39 is 0 Å². The monoisotopic (exact) mass is 411 g/mol. The Labute approximate surface area is 175 Å². The average Bonchev–Trinajstić information content (AvgIpc) is 2.71. The molecule has 0 aromatic heterocycles. The predicted octanol–water partition coefficient (Wildman–Crippen LogP) is 3.54. The summed E-state index contributed by atoms with van der Waals surface area (Å²) in [6, 6.07) is 14.6. The van der Waals surface area contributed by atoms with Gasteiger partial charge in [0.15, 0.2) is 0 Å². The summed E-state index contributed by atoms with van der Waals surface area (Å²) in [5, 5.41) is 5.68. The number of para-hydroxylation sites is 2. The minimum Gasteiger partial charge on any atom is -0.352 e. The van der Waals surface area contributed by atoms with Crippen molar-refractivity contribution in [2.24, 2.45) is 5.92 Å². The lowest BCUT2D eigenvalue weighted by molar-refractivity contribution is -0.117. The van der Waals surface area contributed by atoms with Gasteiger partial charge in [0.25, 0.3) is 5.91 Å². The third kappa shape index (κ3) is 5.38. The van der Waals surface area contributed by atoms with Gasteiger partial charge in [0.1, 0.15) is 0 Å². The summed E-state index contributed by atoms with van der Waals surface area (Å²) < 4.78 is 0. The standard InChI is InChI=1S/C22H25N3O3S/c1-15(2)13-23-22(28)16-7-3-4-8-17(16)24-20(26)11-12-25-18-9-5-6-10-19(18)29-14-21(25)27/h3-10,15H,11-14H2,1-2H3,(H,23,28)(H,24,26). The molecule has 3 amide bonds. The number of thioether (sulfide) groups is 1. The normalized spacial score (nSPS) is 13.2. The molecule has 0 atom stereocenters. The Morgan fingerprint density at radius 3 is 2.62 bits per heavy atom. The first-order chi connectivity index (χ1) is 14.0. The number of hydrogen-bond acceptors (Lipinski definition) is 4. The van der Waals surface area contributed by atoms with E-state index in [9.17, 15) is 14.4 Å². The molecule has 3 rings (SSSR count). The van der Waals surface area contributed by atoms with E-state index in [0.29, 0.717) is 36.0 Å². The Balaban J connectivity index is 1.63. The molecule has 6 nitrogen and oxygen atoms in total. The molecule has 0 fully saturated rings. The minimum absolute atomic E-state index is 0.00466. The highest BCUT2D eigenvalue weighted by Crippen LogP contribution is 2.34. The molecule has 2 N–H and O–H groups in total. The fraction of sp³-hybridized carbons (Fsp3) is 0.318. The molecule has 1 heterocycles. The van der Waals surface area contributed by atoms with Crippen LogP contribution in [0.4, 0.5) is 11.4 Å². The fourth-order valence-corrected chi connectivity index (χ4v) is 3.94. The number of nitrogens with zero attached hydrogens (tertiary/aromatic N) is 1. The zero-order chi connectivity index (χ0) is 20.8. The number of fused-ring (bicyclic) bond motifs is 1. The Morgan fingerprint density at radius 1 is 1.10 bits per heavy atom. The van der Waals surface area contributed by atoms with Crippen LogP contribution in [0.2, 0.25) is 0 Å². The van der Waals surface area contributed by atoms with Crippen LogP contribution in [0, 0.1) is 5.92 Å². The number of carbonyl (C=O) groups excluding carboxylic acids is 3. The van der Waals surface area contributed by atoms with Crippen LogP contribution in [0.1, 0.15) is 30.6 Å². The summed E-state index contributed by atoms with van der Waals surface area (Å²) in [6.07, 6.45) is 0.146. The van der Waals surface area contributed by atoms with Crippen LogP contribution in [0.3, 0.4) is 0 Å². The molecular weight excluding hydrogens is 386 g/mol. The molecule has 0 spiro atoms. The Bertz CT molecular complexity index is 914. The fourth-order valence-electron chi connectivity index (χ4n) is 3.01. The van der Waals surface area contributed by atoms with Crippen molar-refractivity contribution in [2.45, 2.75) is 25.2 Å². The zero-order valence-electron chi connectivity index (χ0n) is 16.6. The second kappa shape index (κ2) is 9.60. The van der Waals surface area contributed by atoms with Gasteiger partial charge in [0.05, 0.1) is 22.7 Å². The van der Waals surface area contributed by atoms with Crippen molar-refractivity contribution in [1.82, 2.24) is 5.32 Å². The van der Waals surface area contributed by atoms with Gasteiger partial charge in [-0.2, -0.15) is 0 Å². The molecule has 0 aliphatic carbocycles. The summed E-state index contributed by atoms with van der Waals surface area (Å²) in [7, 11) is 0. The summed E-state index contributed by atoms with van der Waals surface area (Å²) in [5.74, 6) is 0.250. The maximum absolute atomic E-state index is 12.5. The summed E-state index contributed by atoms with van der Waals surface area (Å²) in [5.41, 5.74) is 1.74. The van der Waals surface area contributed by atoms with Gasteiger partial charge in [-0.05, 0) is 30.2 Å². The van der Waals surface area contributed by atoms with E-state index >= 15 is 0 Å². The van der Waals surface area contributed by atoms with E-state index in [1.165, 1.54) is 11.8 Å². The van der Waals surface area contributed by atoms with E-state index in [1.807, 2.05) is 38.1 Å². The number of nitrogens with one attached hydrogen (secondary N) is 2. The van der Waals surface area contributed by atoms with Crippen molar-refractivity contribution < 1.29 is 14.4 Å². The maximum Gasteiger partial charge on any atom is 0.253 e. The van der Waals surface area contributed by atoms with Gasteiger partial charge in [0, 0.05) is 24.4 Å². The van der Waals surface area contributed by atoms with Gasteiger partial charge >= 0.3 is 0 Å². The number of rotatable bonds is 7. The lowest BCUT2D eigenvalue weighted by atomic mass is 10.1. The SMILES string of the molecule is CC(C)CNC(=O)c1ccccc1NC(=O)CCN1C(=O)CSc2ccccc21. The Hall–Kier alpha value is -2.80. The molecule has 0 unspecified atom stereocenters. The smallest absolute Gasteiger partial charge is 0.253 e. The van der Waals surface area contributed by atoms with Crippen molar-refractivity contribution in [3.05, 3.63) is 54.1 Å². The lowest BCUT2D eigenvalue weighted by Gasteiger charge is -2.28. The minimum atomic E-state index is -0.238. The zero-order valence-corrected chi connectivity index (χ0v) is 17.4. The summed E-state index contributed by atoms with van der Waals surface area (Å²) in [6.45, 7) is 4.90. The quantitative estimate of drug-likeness (QED) is 0.730. The summed E-state index contributed by atoms with van der Waals surface area (Å²) >= 11 is 1.51. The first kappa shape index (κ1) is 20.9. The van der Waals surface area contributed by atoms with Crippen LogP contribution >= 0.6 is 11.8 Å². The third-order valence-corrected chi connectivity index (χ3v) is 5.53. The Kier molecular flexibility index (Phi) is 6.93. The van der Waals surface area contributed by atoms with Crippen LogP contribution in [0.25, 0.3) is 0 Å². The van der Waals surface area contributed by atoms with Crippen LogP contribution in [0.15, 0.2) is 53.4 Å². The van der Waals surface area contributed by atoms with Crippen molar-refractivity contribution in [2.75, 3.05) is 29.1 Å². The van der Waals surface area contributed by atoms with Gasteiger partial charge < -0.3 is 15.5 Å². The maximum atomic E-state index is 12.5. The molecule has 0 saturated carbocycles. The highest BCUT2D eigenvalue weighted by Gasteiger charge is 2.24. The largest absolute Gasteiger partial charge is 0.352 e. The highest BCUT2D eigenvalue weighted by atomic mass is 32.2. The molecule has 152 valence electrons. The molecule has 1 aliphatic heterocycles. The topological polar surface area (TPSA) is 78.5 Å². The number of benzene rings is 2. The number of hydrogen-bond donors (Lipinski definition) is 2. The molecule has 1 aliphatic rings. The molecule has 29 heavy (non-hydrogen) atoms. The molecule has 0 bridgehead atoms. The second-order valence-corrected chi connectivity index (χ2v) is 8.27. The number of carbonyl (C=O) groups is 3. The first-order valence-electron chi connectivity index (χ1n) is 9.65. The van der Waals surface area contributed by atoms with E-state index in [0.717, 1.165) is 10.6 Å².